The highest BCUT2D eigenvalue weighted by molar-refractivity contribution is 7.80. The lowest BCUT2D eigenvalue weighted by Crippen LogP contribution is -2.41. The Morgan fingerprint density at radius 3 is 2.36 bits per heavy atom. The van der Waals surface area contributed by atoms with Gasteiger partial charge in [-0.2, -0.15) is 18.2 Å². The first-order valence-electron chi connectivity index (χ1n) is 2.74. The maximum absolute atomic E-state index is 11.9. The first-order valence-corrected chi connectivity index (χ1v) is 3.25. The van der Waals surface area contributed by atoms with Crippen LogP contribution in [-0.4, -0.2) is 29.6 Å². The van der Waals surface area contributed by atoms with E-state index in [0.29, 0.717) is 0 Å². The molecule has 1 heterocycles. The van der Waals surface area contributed by atoms with E-state index in [1.807, 2.05) is 5.43 Å². The highest BCUT2D eigenvalue weighted by atomic mass is 32.1. The van der Waals surface area contributed by atoms with Crippen molar-refractivity contribution in [1.29, 1.82) is 0 Å². The summed E-state index contributed by atoms with van der Waals surface area (Å²) in [6.45, 7) is 0. The number of aliphatic imine (C=N–C) groups is 1. The maximum atomic E-state index is 11.9. The molecule has 0 aromatic rings. The van der Waals surface area contributed by atoms with Crippen LogP contribution in [0, 0.1) is 0 Å². The Labute approximate surface area is 66.7 Å². The number of thiol groups is 1. The molecule has 1 aliphatic rings. The topological polar surface area (TPSA) is 27.6 Å². The third-order valence-corrected chi connectivity index (χ3v) is 1.60. The summed E-state index contributed by atoms with van der Waals surface area (Å²) in [5, 5.41) is 1.16. The number of nitrogens with zero attached hydrogens (tertiary/aromatic N) is 2. The zero-order chi connectivity index (χ0) is 8.65. The third-order valence-electron chi connectivity index (χ3n) is 1.14. The Kier molecular flexibility index (Phi) is 2.02. The average Bonchev–Trinajstić information content (AvgIpc) is 2.11. The Balaban J connectivity index is 2.71. The molecule has 1 unspecified atom stereocenters. The average molecular weight is 185 g/mol. The summed E-state index contributed by atoms with van der Waals surface area (Å²) in [5.41, 5.74) is 1.27. The van der Waals surface area contributed by atoms with Crippen molar-refractivity contribution in [2.24, 2.45) is 4.99 Å². The number of nitrogens with one attached hydrogen (secondary N) is 1. The zero-order valence-corrected chi connectivity index (χ0v) is 6.45. The molecule has 1 rings (SSSR count). The van der Waals surface area contributed by atoms with Gasteiger partial charge in [0, 0.05) is 7.05 Å². The molecule has 3 nitrogen and oxygen atoms in total. The molecular weight excluding hydrogens is 179 g/mol. The Morgan fingerprint density at radius 2 is 2.18 bits per heavy atom. The van der Waals surface area contributed by atoms with Gasteiger partial charge in [-0.3, -0.25) is 5.43 Å². The highest BCUT2D eigenvalue weighted by Gasteiger charge is 2.40. The molecule has 0 saturated heterocycles. The molecule has 11 heavy (non-hydrogen) atoms. The van der Waals surface area contributed by atoms with Crippen LogP contribution in [0.25, 0.3) is 0 Å². The first kappa shape index (κ1) is 8.66. The van der Waals surface area contributed by atoms with Crippen LogP contribution in [0.5, 0.6) is 0 Å². The van der Waals surface area contributed by atoms with Crippen LogP contribution in [0.15, 0.2) is 4.99 Å². The third kappa shape index (κ3) is 1.78. The normalized spacial score (nSPS) is 26.6. The van der Waals surface area contributed by atoms with Crippen LogP contribution < -0.4 is 5.43 Å². The van der Waals surface area contributed by atoms with E-state index < -0.39 is 17.5 Å². The van der Waals surface area contributed by atoms with E-state index in [1.54, 1.807) is 0 Å². The van der Waals surface area contributed by atoms with Gasteiger partial charge in [-0.15, -0.1) is 12.6 Å². The van der Waals surface area contributed by atoms with Crippen LogP contribution in [0.4, 0.5) is 13.2 Å². The van der Waals surface area contributed by atoms with Gasteiger partial charge < -0.3 is 0 Å². The van der Waals surface area contributed by atoms with E-state index in [1.165, 1.54) is 7.05 Å². The summed E-state index contributed by atoms with van der Waals surface area (Å²) in [6, 6.07) is 0. The summed E-state index contributed by atoms with van der Waals surface area (Å²) in [7, 11) is 1.43. The van der Waals surface area contributed by atoms with Crippen LogP contribution >= 0.6 is 12.6 Å². The van der Waals surface area contributed by atoms with Gasteiger partial charge in [0.2, 0.25) is 5.84 Å². The number of hydrogen-bond donors (Lipinski definition) is 2. The lowest BCUT2D eigenvalue weighted by Gasteiger charge is -2.13. The van der Waals surface area contributed by atoms with Crippen molar-refractivity contribution < 1.29 is 13.2 Å². The van der Waals surface area contributed by atoms with Gasteiger partial charge in [0.05, 0.1) is 0 Å². The van der Waals surface area contributed by atoms with E-state index >= 15 is 0 Å². The quantitative estimate of drug-likeness (QED) is 0.541. The molecule has 64 valence electrons. The van der Waals surface area contributed by atoms with Crippen LogP contribution in [0.2, 0.25) is 0 Å². The van der Waals surface area contributed by atoms with Crippen molar-refractivity contribution >= 4 is 18.5 Å². The zero-order valence-electron chi connectivity index (χ0n) is 5.55. The van der Waals surface area contributed by atoms with E-state index in [0.717, 1.165) is 5.01 Å². The molecule has 0 aromatic heterocycles. The predicted octanol–water partition coefficient (Wildman–Crippen LogP) is 0.611. The van der Waals surface area contributed by atoms with Gasteiger partial charge in [0.15, 0.2) is 5.50 Å². The minimum absolute atomic E-state index is 0.758. The lowest BCUT2D eigenvalue weighted by molar-refractivity contribution is -0.0628. The number of alkyl halides is 3. The SMILES string of the molecule is CN1NC(C(F)(F)F)=NC1S. The van der Waals surface area contributed by atoms with Crippen LogP contribution in [0.3, 0.4) is 0 Å². The van der Waals surface area contributed by atoms with Crippen LogP contribution in [-0.2, 0) is 0 Å². The Bertz CT molecular complexity index is 190. The first-order chi connectivity index (χ1) is 4.91. The van der Waals surface area contributed by atoms with Crippen molar-refractivity contribution in [3.05, 3.63) is 0 Å². The monoisotopic (exact) mass is 185 g/mol. The smallest absolute Gasteiger partial charge is 0.297 e. The number of rotatable bonds is 0. The fourth-order valence-corrected chi connectivity index (χ4v) is 0.766. The minimum atomic E-state index is -4.41. The number of halogens is 3. The molecule has 0 saturated carbocycles. The van der Waals surface area contributed by atoms with Crippen molar-refractivity contribution in [1.82, 2.24) is 10.4 Å². The second kappa shape index (κ2) is 2.56. The van der Waals surface area contributed by atoms with Gasteiger partial charge in [-0.25, -0.2) is 4.99 Å². The number of hydrazine groups is 1. The fourth-order valence-electron chi connectivity index (χ4n) is 0.592. The number of hydrogen-bond acceptors (Lipinski definition) is 4. The summed E-state index contributed by atoms with van der Waals surface area (Å²) in [6.07, 6.45) is -4.41. The standard InChI is InChI=1S/C4H6F3N3S/c1-10-3(11)8-2(9-10)4(5,6)7/h3,11H,1H3,(H,8,9). The second-order valence-corrected chi connectivity index (χ2v) is 2.51. The van der Waals surface area contributed by atoms with Gasteiger partial charge in [0.25, 0.3) is 0 Å². The molecule has 0 amide bonds. The summed E-state index contributed by atoms with van der Waals surface area (Å²) in [4.78, 5) is 3.21. The maximum Gasteiger partial charge on any atom is 0.450 e. The molecule has 0 bridgehead atoms. The van der Waals surface area contributed by atoms with Crippen molar-refractivity contribution in [2.75, 3.05) is 7.05 Å². The number of amidine groups is 1. The van der Waals surface area contributed by atoms with Gasteiger partial charge in [0.1, 0.15) is 0 Å². The fraction of sp³-hybridized carbons (Fsp3) is 0.750. The molecule has 0 radical (unpaired) electrons. The molecule has 0 fully saturated rings. The molecule has 1 atom stereocenters. The van der Waals surface area contributed by atoms with Crippen molar-refractivity contribution in [3.8, 4) is 0 Å². The summed E-state index contributed by atoms with van der Waals surface area (Å²) in [5.74, 6) is -1.000. The van der Waals surface area contributed by atoms with Gasteiger partial charge in [-0.1, -0.05) is 0 Å². The molecule has 0 aliphatic carbocycles. The molecule has 7 heteroatoms. The molecule has 1 N–H and O–H groups in total. The Hall–Kier alpha value is -0.430. The van der Waals surface area contributed by atoms with E-state index in [2.05, 4.69) is 17.6 Å². The Morgan fingerprint density at radius 1 is 1.64 bits per heavy atom. The van der Waals surface area contributed by atoms with E-state index in [9.17, 15) is 13.2 Å². The lowest BCUT2D eigenvalue weighted by atomic mass is 10.6. The largest absolute Gasteiger partial charge is 0.450 e. The molecule has 0 aromatic carbocycles. The second-order valence-electron chi connectivity index (χ2n) is 2.04. The van der Waals surface area contributed by atoms with E-state index in [4.69, 9.17) is 0 Å². The molecule has 0 spiro atoms. The summed E-state index contributed by atoms with van der Waals surface area (Å²) < 4.78 is 35.6. The molecular formula is C4H6F3N3S. The summed E-state index contributed by atoms with van der Waals surface area (Å²) >= 11 is 3.75. The van der Waals surface area contributed by atoms with Gasteiger partial charge >= 0.3 is 6.18 Å². The highest BCUT2D eigenvalue weighted by Crippen LogP contribution is 2.21. The van der Waals surface area contributed by atoms with Crippen LogP contribution in [0.1, 0.15) is 0 Å². The van der Waals surface area contributed by atoms with Gasteiger partial charge in [-0.05, 0) is 0 Å². The van der Waals surface area contributed by atoms with Crippen molar-refractivity contribution in [2.45, 2.75) is 11.7 Å². The minimum Gasteiger partial charge on any atom is -0.297 e. The van der Waals surface area contributed by atoms with E-state index in [-0.39, 0.29) is 0 Å². The predicted molar refractivity (Wildman–Crippen MR) is 37.2 cm³/mol. The van der Waals surface area contributed by atoms with Crippen molar-refractivity contribution in [3.63, 3.8) is 0 Å². The molecule has 1 aliphatic heterocycles.